The zero-order chi connectivity index (χ0) is 37.0. The van der Waals surface area contributed by atoms with Gasteiger partial charge in [-0.2, -0.15) is 0 Å². The summed E-state index contributed by atoms with van der Waals surface area (Å²) in [5, 5.41) is 45.0. The third-order valence-corrected chi connectivity index (χ3v) is 7.24. The van der Waals surface area contributed by atoms with Gasteiger partial charge in [0.15, 0.2) is 6.10 Å². The van der Waals surface area contributed by atoms with E-state index >= 15 is 0 Å². The number of ether oxygens (including phenoxy) is 5. The number of carbonyl (C=O) groups excluding carboxylic acids is 5. The van der Waals surface area contributed by atoms with E-state index in [9.17, 15) is 49.2 Å². The van der Waals surface area contributed by atoms with Gasteiger partial charge in [-0.05, 0) is 38.5 Å². The molecule has 2 heterocycles. The Labute approximate surface area is 287 Å². The molecule has 276 valence electrons. The standard InChI is InChI=1S/C32H43N3O15/c1-32(2,3)31(45)48-17-18-4-5-20(49-30-27(42)25(40)26(41)28(50-30)29(43)44)19(16-18)34-22(37)8-10-33-21(36)9-12-46-14-15-47-13-11-35-23(38)6-7-24(35)39/h4-7,16,25-28,30,40-42H,8-15,17H2,1-3H3,(H,33,36)(H,34,37)(H,43,44)/t25-,26-,27+,28?,30+/m0/s1. The Bertz CT molecular complexity index is 1410. The fourth-order valence-corrected chi connectivity index (χ4v) is 4.42. The van der Waals surface area contributed by atoms with E-state index in [2.05, 4.69) is 10.6 Å². The molecule has 1 aromatic rings. The topological polar surface area (TPSA) is 257 Å². The van der Waals surface area contributed by atoms with Crippen molar-refractivity contribution in [2.24, 2.45) is 5.41 Å². The summed E-state index contributed by atoms with van der Waals surface area (Å²) in [6.45, 7) is 5.51. The minimum atomic E-state index is -1.94. The molecule has 0 radical (unpaired) electrons. The minimum Gasteiger partial charge on any atom is -0.479 e. The van der Waals surface area contributed by atoms with Crippen molar-refractivity contribution in [2.75, 3.05) is 44.8 Å². The number of carboxylic acids is 1. The van der Waals surface area contributed by atoms with Crippen molar-refractivity contribution in [1.29, 1.82) is 0 Å². The van der Waals surface area contributed by atoms with Gasteiger partial charge in [-0.1, -0.05) is 6.07 Å². The van der Waals surface area contributed by atoms with Crippen molar-refractivity contribution >= 4 is 41.3 Å². The van der Waals surface area contributed by atoms with E-state index in [1.54, 1.807) is 20.8 Å². The van der Waals surface area contributed by atoms with Crippen molar-refractivity contribution in [2.45, 2.75) is 70.9 Å². The first kappa shape index (κ1) is 40.0. The van der Waals surface area contributed by atoms with E-state index in [-0.39, 0.29) is 76.3 Å². The van der Waals surface area contributed by atoms with Gasteiger partial charge in [0.25, 0.3) is 11.8 Å². The second kappa shape index (κ2) is 18.5. The monoisotopic (exact) mass is 709 g/mol. The summed E-state index contributed by atoms with van der Waals surface area (Å²) in [4.78, 5) is 72.8. The Morgan fingerprint density at radius 2 is 1.54 bits per heavy atom. The number of nitrogens with one attached hydrogen (secondary N) is 2. The van der Waals surface area contributed by atoms with Crippen LogP contribution in [0.1, 0.15) is 39.2 Å². The van der Waals surface area contributed by atoms with Crippen LogP contribution in [0.4, 0.5) is 5.69 Å². The zero-order valence-electron chi connectivity index (χ0n) is 27.9. The quantitative estimate of drug-likeness (QED) is 0.0597. The first-order chi connectivity index (χ1) is 23.6. The van der Waals surface area contributed by atoms with Gasteiger partial charge in [0.2, 0.25) is 18.1 Å². The van der Waals surface area contributed by atoms with Crippen LogP contribution in [-0.4, -0.2) is 131 Å². The third kappa shape index (κ3) is 11.9. The number of aliphatic carboxylic acids is 1. The van der Waals surface area contributed by atoms with Crippen molar-refractivity contribution < 1.29 is 72.9 Å². The number of carbonyl (C=O) groups is 6. The van der Waals surface area contributed by atoms with Gasteiger partial charge < -0.3 is 54.7 Å². The molecule has 2 aliphatic heterocycles. The minimum absolute atomic E-state index is 0.00100. The van der Waals surface area contributed by atoms with Crippen LogP contribution in [0.2, 0.25) is 0 Å². The van der Waals surface area contributed by atoms with Crippen LogP contribution in [0.15, 0.2) is 30.4 Å². The van der Waals surface area contributed by atoms with Crippen LogP contribution in [0.3, 0.4) is 0 Å². The first-order valence-corrected chi connectivity index (χ1v) is 15.7. The summed E-state index contributed by atoms with van der Waals surface area (Å²) in [6.07, 6.45) is -7.21. The Morgan fingerprint density at radius 1 is 0.880 bits per heavy atom. The Hall–Kier alpha value is -4.46. The molecule has 2 aliphatic rings. The molecule has 18 nitrogen and oxygen atoms in total. The van der Waals surface area contributed by atoms with Crippen molar-refractivity contribution in [1.82, 2.24) is 10.2 Å². The first-order valence-electron chi connectivity index (χ1n) is 15.7. The highest BCUT2D eigenvalue weighted by molar-refractivity contribution is 6.12. The van der Waals surface area contributed by atoms with Crippen LogP contribution in [0.25, 0.3) is 0 Å². The van der Waals surface area contributed by atoms with Gasteiger partial charge in [0.1, 0.15) is 30.7 Å². The number of aliphatic hydroxyl groups is 3. The number of imide groups is 1. The molecule has 0 spiro atoms. The van der Waals surface area contributed by atoms with Crippen molar-refractivity contribution in [3.05, 3.63) is 35.9 Å². The number of hydrogen-bond acceptors (Lipinski definition) is 14. The molecule has 0 bridgehead atoms. The SMILES string of the molecule is CC(C)(C)C(=O)OCc1ccc(O[C@@H]2OC(C(=O)O)[C@@H](O)[C@H](O)[C@H]2O)c(NC(=O)CCNC(=O)CCOCCOCCN2C(=O)C=CC2=O)c1. The summed E-state index contributed by atoms with van der Waals surface area (Å²) >= 11 is 0. The van der Waals surface area contributed by atoms with E-state index in [1.165, 1.54) is 30.4 Å². The number of esters is 1. The second-order valence-electron chi connectivity index (χ2n) is 12.3. The third-order valence-electron chi connectivity index (χ3n) is 7.24. The maximum atomic E-state index is 12.8. The van der Waals surface area contributed by atoms with E-state index in [0.717, 1.165) is 4.90 Å². The molecule has 1 fully saturated rings. The molecule has 6 N–H and O–H groups in total. The number of rotatable bonds is 18. The number of benzene rings is 1. The Morgan fingerprint density at radius 3 is 2.18 bits per heavy atom. The number of carboxylic acid groups (broad SMARTS) is 1. The summed E-state index contributed by atoms with van der Waals surface area (Å²) < 4.78 is 26.8. The maximum Gasteiger partial charge on any atom is 0.335 e. The number of nitrogens with zero attached hydrogens (tertiary/aromatic N) is 1. The summed E-state index contributed by atoms with van der Waals surface area (Å²) in [7, 11) is 0. The van der Waals surface area contributed by atoms with E-state index in [1.807, 2.05) is 0 Å². The molecule has 5 atom stereocenters. The van der Waals surface area contributed by atoms with Gasteiger partial charge in [0.05, 0.1) is 44.1 Å². The van der Waals surface area contributed by atoms with Crippen LogP contribution in [-0.2, 0) is 54.3 Å². The highest BCUT2D eigenvalue weighted by Crippen LogP contribution is 2.31. The van der Waals surface area contributed by atoms with Crippen LogP contribution >= 0.6 is 0 Å². The number of amides is 4. The van der Waals surface area contributed by atoms with Crippen molar-refractivity contribution in [3.63, 3.8) is 0 Å². The van der Waals surface area contributed by atoms with Crippen LogP contribution in [0.5, 0.6) is 5.75 Å². The van der Waals surface area contributed by atoms with Gasteiger partial charge >= 0.3 is 11.9 Å². The fourth-order valence-electron chi connectivity index (χ4n) is 4.42. The van der Waals surface area contributed by atoms with E-state index in [4.69, 9.17) is 23.7 Å². The Balaban J connectivity index is 1.48. The summed E-state index contributed by atoms with van der Waals surface area (Å²) in [5.74, 6) is -3.95. The molecule has 4 amide bonds. The number of aliphatic hydroxyl groups excluding tert-OH is 3. The number of anilines is 1. The smallest absolute Gasteiger partial charge is 0.335 e. The molecule has 18 heteroatoms. The lowest BCUT2D eigenvalue weighted by Crippen LogP contribution is -2.61. The average molecular weight is 710 g/mol. The molecule has 1 aromatic carbocycles. The normalized spacial score (nSPS) is 22.0. The highest BCUT2D eigenvalue weighted by atomic mass is 16.7. The van der Waals surface area contributed by atoms with Crippen LogP contribution < -0.4 is 15.4 Å². The molecular weight excluding hydrogens is 666 g/mol. The van der Waals surface area contributed by atoms with E-state index < -0.39 is 65.8 Å². The number of hydrogen-bond donors (Lipinski definition) is 6. The predicted molar refractivity (Wildman–Crippen MR) is 169 cm³/mol. The average Bonchev–Trinajstić information content (AvgIpc) is 3.37. The van der Waals surface area contributed by atoms with Gasteiger partial charge in [0, 0.05) is 31.5 Å². The molecule has 50 heavy (non-hydrogen) atoms. The molecule has 1 unspecified atom stereocenters. The van der Waals surface area contributed by atoms with E-state index in [0.29, 0.717) is 5.56 Å². The summed E-state index contributed by atoms with van der Waals surface area (Å²) in [6, 6.07) is 4.25. The van der Waals surface area contributed by atoms with Gasteiger partial charge in [-0.25, -0.2) is 4.79 Å². The molecule has 1 saturated heterocycles. The molecule has 0 saturated carbocycles. The molecule has 0 aliphatic carbocycles. The maximum absolute atomic E-state index is 12.8. The largest absolute Gasteiger partial charge is 0.479 e. The molecular formula is C32H43N3O15. The van der Waals surface area contributed by atoms with Gasteiger partial charge in [-0.15, -0.1) is 0 Å². The predicted octanol–water partition coefficient (Wildman–Crippen LogP) is -1.16. The second-order valence-corrected chi connectivity index (χ2v) is 12.3. The molecule has 3 rings (SSSR count). The lowest BCUT2D eigenvalue weighted by Gasteiger charge is -2.38. The van der Waals surface area contributed by atoms with Crippen molar-refractivity contribution in [3.8, 4) is 5.75 Å². The lowest BCUT2D eigenvalue weighted by molar-refractivity contribution is -0.271. The lowest BCUT2D eigenvalue weighted by atomic mass is 9.97. The van der Waals surface area contributed by atoms with Crippen LogP contribution in [0, 0.1) is 5.41 Å². The summed E-state index contributed by atoms with van der Waals surface area (Å²) in [5.41, 5.74) is -0.328. The molecule has 0 aromatic heterocycles. The zero-order valence-corrected chi connectivity index (χ0v) is 27.9. The van der Waals surface area contributed by atoms with Gasteiger partial charge in [-0.3, -0.25) is 28.9 Å². The highest BCUT2D eigenvalue weighted by Gasteiger charge is 2.48. The fraction of sp³-hybridized carbons (Fsp3) is 0.562. The Kier molecular flexibility index (Phi) is 14.8.